The summed E-state index contributed by atoms with van der Waals surface area (Å²) < 4.78 is 41.5. The monoisotopic (exact) mass is 366 g/mol. The van der Waals surface area contributed by atoms with Gasteiger partial charge in [-0.1, -0.05) is 15.9 Å². The summed E-state index contributed by atoms with van der Waals surface area (Å²) in [6.45, 7) is 2.58. The van der Waals surface area contributed by atoms with Gasteiger partial charge in [0.1, 0.15) is 0 Å². The number of amides is 1. The largest absolute Gasteiger partial charge is 0.573 e. The average Bonchev–Trinajstić information content (AvgIpc) is 2.77. The first kappa shape index (κ1) is 16.1. The predicted octanol–water partition coefficient (Wildman–Crippen LogP) is 3.28. The van der Waals surface area contributed by atoms with Crippen molar-refractivity contribution >= 4 is 27.5 Å². The Morgan fingerprint density at radius 2 is 2.19 bits per heavy atom. The van der Waals surface area contributed by atoms with E-state index in [0.717, 1.165) is 0 Å². The van der Waals surface area contributed by atoms with E-state index in [-0.39, 0.29) is 23.6 Å². The van der Waals surface area contributed by atoms with E-state index in [4.69, 9.17) is 0 Å². The number of halogens is 4. The molecule has 1 fully saturated rings. The van der Waals surface area contributed by atoms with Gasteiger partial charge in [0.05, 0.1) is 11.6 Å². The fraction of sp³-hybridized carbons (Fsp3) is 0.462. The van der Waals surface area contributed by atoms with Gasteiger partial charge in [-0.15, -0.1) is 13.2 Å². The van der Waals surface area contributed by atoms with Gasteiger partial charge in [0.25, 0.3) is 0 Å². The summed E-state index contributed by atoms with van der Waals surface area (Å²) >= 11 is 3.08. The van der Waals surface area contributed by atoms with Gasteiger partial charge >= 0.3 is 6.36 Å². The molecule has 2 atom stereocenters. The first-order valence-corrected chi connectivity index (χ1v) is 7.15. The van der Waals surface area contributed by atoms with E-state index >= 15 is 0 Å². The molecule has 0 bridgehead atoms. The van der Waals surface area contributed by atoms with E-state index in [1.54, 1.807) is 0 Å². The summed E-state index contributed by atoms with van der Waals surface area (Å²) in [7, 11) is 0. The van der Waals surface area contributed by atoms with Crippen molar-refractivity contribution in [3.8, 4) is 5.75 Å². The fourth-order valence-electron chi connectivity index (χ4n) is 2.25. The van der Waals surface area contributed by atoms with Crippen molar-refractivity contribution in [2.24, 2.45) is 5.92 Å². The molecule has 0 radical (unpaired) electrons. The fourth-order valence-corrected chi connectivity index (χ4v) is 2.59. The molecule has 8 heteroatoms. The summed E-state index contributed by atoms with van der Waals surface area (Å²) in [5.41, 5.74) is -0.000347. The highest BCUT2D eigenvalue weighted by atomic mass is 79.9. The predicted molar refractivity (Wildman–Crippen MR) is 75.0 cm³/mol. The summed E-state index contributed by atoms with van der Waals surface area (Å²) in [6.07, 6.45) is -4.17. The van der Waals surface area contributed by atoms with E-state index in [0.29, 0.717) is 17.4 Å². The summed E-state index contributed by atoms with van der Waals surface area (Å²) in [5, 5.41) is 5.63. The molecule has 21 heavy (non-hydrogen) atoms. The number of carbonyl (C=O) groups excluding carboxylic acids is 1. The number of anilines is 1. The molecule has 1 heterocycles. The minimum atomic E-state index is -4.82. The molecule has 1 saturated heterocycles. The smallest absolute Gasteiger partial charge is 0.404 e. The standard InChI is InChI=1S/C13H14BrF3N2O2/c1-7-9(4-5-18-7)12(20)19-10-3-2-8(14)6-11(10)21-13(15,16)17/h2-3,6-7,9,18H,4-5H2,1H3,(H,19,20). The molecule has 2 unspecified atom stereocenters. The van der Waals surface area contributed by atoms with Gasteiger partial charge in [-0.25, -0.2) is 0 Å². The van der Waals surface area contributed by atoms with Crippen LogP contribution >= 0.6 is 15.9 Å². The SMILES string of the molecule is CC1NCCC1C(=O)Nc1ccc(Br)cc1OC(F)(F)F. The van der Waals surface area contributed by atoms with Crippen LogP contribution in [0.5, 0.6) is 5.75 Å². The highest BCUT2D eigenvalue weighted by molar-refractivity contribution is 9.10. The summed E-state index contributed by atoms with van der Waals surface area (Å²) in [4.78, 5) is 12.1. The second-order valence-corrected chi connectivity index (χ2v) is 5.73. The Labute approximate surface area is 128 Å². The molecule has 0 spiro atoms. The third kappa shape index (κ3) is 4.34. The molecule has 116 valence electrons. The van der Waals surface area contributed by atoms with Crippen molar-refractivity contribution < 1.29 is 22.7 Å². The zero-order valence-electron chi connectivity index (χ0n) is 11.1. The number of nitrogens with one attached hydrogen (secondary N) is 2. The number of ether oxygens (including phenoxy) is 1. The van der Waals surface area contributed by atoms with Crippen molar-refractivity contribution in [2.75, 3.05) is 11.9 Å². The third-order valence-electron chi connectivity index (χ3n) is 3.29. The van der Waals surface area contributed by atoms with E-state index in [1.807, 2.05) is 6.92 Å². The second-order valence-electron chi connectivity index (χ2n) is 4.82. The minimum absolute atomic E-state index is 0.000347. The molecule has 4 nitrogen and oxygen atoms in total. The highest BCUT2D eigenvalue weighted by Crippen LogP contribution is 2.33. The Bertz CT molecular complexity index is 537. The molecule has 0 aromatic heterocycles. The van der Waals surface area contributed by atoms with Crippen molar-refractivity contribution in [3.63, 3.8) is 0 Å². The lowest BCUT2D eigenvalue weighted by Crippen LogP contribution is -2.32. The van der Waals surface area contributed by atoms with Crippen LogP contribution in [-0.2, 0) is 4.79 Å². The lowest BCUT2D eigenvalue weighted by Gasteiger charge is -2.18. The van der Waals surface area contributed by atoms with Gasteiger partial charge in [0, 0.05) is 10.5 Å². The number of hydrogen-bond acceptors (Lipinski definition) is 3. The van der Waals surface area contributed by atoms with Gasteiger partial charge in [0.15, 0.2) is 5.75 Å². The van der Waals surface area contributed by atoms with E-state index in [1.165, 1.54) is 18.2 Å². The van der Waals surface area contributed by atoms with Crippen LogP contribution in [0.2, 0.25) is 0 Å². The molecular formula is C13H14BrF3N2O2. The normalized spacial score (nSPS) is 22.1. The molecule has 0 aliphatic carbocycles. The van der Waals surface area contributed by atoms with Crippen LogP contribution in [0.15, 0.2) is 22.7 Å². The van der Waals surface area contributed by atoms with Gasteiger partial charge in [-0.05, 0) is 38.1 Å². The number of benzene rings is 1. The van der Waals surface area contributed by atoms with Crippen LogP contribution in [0.25, 0.3) is 0 Å². The molecule has 0 saturated carbocycles. The molecular weight excluding hydrogens is 353 g/mol. The van der Waals surface area contributed by atoms with Gasteiger partial charge in [-0.2, -0.15) is 0 Å². The Balaban J connectivity index is 2.17. The minimum Gasteiger partial charge on any atom is -0.404 e. The number of carbonyl (C=O) groups is 1. The van der Waals surface area contributed by atoms with E-state index in [9.17, 15) is 18.0 Å². The van der Waals surface area contributed by atoms with Crippen LogP contribution in [0.3, 0.4) is 0 Å². The molecule has 1 aromatic rings. The highest BCUT2D eigenvalue weighted by Gasteiger charge is 2.34. The zero-order chi connectivity index (χ0) is 15.6. The van der Waals surface area contributed by atoms with Crippen molar-refractivity contribution in [3.05, 3.63) is 22.7 Å². The van der Waals surface area contributed by atoms with E-state index in [2.05, 4.69) is 31.3 Å². The quantitative estimate of drug-likeness (QED) is 0.862. The Morgan fingerprint density at radius 3 is 2.76 bits per heavy atom. The first-order valence-electron chi connectivity index (χ1n) is 6.36. The lowest BCUT2D eigenvalue weighted by atomic mass is 10.0. The van der Waals surface area contributed by atoms with Crippen LogP contribution in [0, 0.1) is 5.92 Å². The molecule has 2 rings (SSSR count). The van der Waals surface area contributed by atoms with Crippen molar-refractivity contribution in [2.45, 2.75) is 25.7 Å². The maximum Gasteiger partial charge on any atom is 0.573 e. The zero-order valence-corrected chi connectivity index (χ0v) is 12.7. The maximum atomic E-state index is 12.4. The number of hydrogen-bond donors (Lipinski definition) is 2. The van der Waals surface area contributed by atoms with Gasteiger partial charge < -0.3 is 15.4 Å². The van der Waals surface area contributed by atoms with E-state index < -0.39 is 12.1 Å². The number of rotatable bonds is 3. The number of alkyl halides is 3. The van der Waals surface area contributed by atoms with Gasteiger partial charge in [-0.3, -0.25) is 4.79 Å². The molecule has 1 amide bonds. The Kier molecular flexibility index (Phi) is 4.77. The third-order valence-corrected chi connectivity index (χ3v) is 3.78. The topological polar surface area (TPSA) is 50.4 Å². The van der Waals surface area contributed by atoms with Crippen molar-refractivity contribution in [1.82, 2.24) is 5.32 Å². The molecule has 1 aromatic carbocycles. The summed E-state index contributed by atoms with van der Waals surface area (Å²) in [5.74, 6) is -1.03. The first-order chi connectivity index (χ1) is 9.76. The maximum absolute atomic E-state index is 12.4. The van der Waals surface area contributed by atoms with Crippen LogP contribution < -0.4 is 15.4 Å². The second kappa shape index (κ2) is 6.23. The van der Waals surface area contributed by atoms with Crippen molar-refractivity contribution in [1.29, 1.82) is 0 Å². The van der Waals surface area contributed by atoms with Crippen LogP contribution in [0.4, 0.5) is 18.9 Å². The average molecular weight is 367 g/mol. The van der Waals surface area contributed by atoms with Gasteiger partial charge in [0.2, 0.25) is 5.91 Å². The van der Waals surface area contributed by atoms with Crippen LogP contribution in [-0.4, -0.2) is 24.9 Å². The summed E-state index contributed by atoms with van der Waals surface area (Å²) in [6, 6.07) is 4.07. The van der Waals surface area contributed by atoms with Crippen LogP contribution in [0.1, 0.15) is 13.3 Å². The lowest BCUT2D eigenvalue weighted by molar-refractivity contribution is -0.274. The molecule has 1 aliphatic rings. The Morgan fingerprint density at radius 1 is 1.48 bits per heavy atom. The molecule has 2 N–H and O–H groups in total. The molecule has 1 aliphatic heterocycles. The Hall–Kier alpha value is -1.28.